The molecule has 38 heavy (non-hydrogen) atoms. The Balaban J connectivity index is 1.68. The number of rotatable bonds is 4. The lowest BCUT2D eigenvalue weighted by Gasteiger charge is -2.42. The van der Waals surface area contributed by atoms with Crippen molar-refractivity contribution >= 4 is 17.3 Å². The number of aliphatic hydroxyl groups excluding tert-OH is 1. The summed E-state index contributed by atoms with van der Waals surface area (Å²) in [7, 11) is 1.34. The van der Waals surface area contributed by atoms with Crippen LogP contribution in [0.5, 0.6) is 17.2 Å². The number of methoxy groups -OCH3 is 1. The van der Waals surface area contributed by atoms with Gasteiger partial charge in [0.1, 0.15) is 22.8 Å². The summed E-state index contributed by atoms with van der Waals surface area (Å²) in [5.74, 6) is -3.18. The van der Waals surface area contributed by atoms with Gasteiger partial charge in [0.2, 0.25) is 5.78 Å². The van der Waals surface area contributed by atoms with Crippen LogP contribution in [0, 0.1) is 0 Å². The van der Waals surface area contributed by atoms with Crippen LogP contribution in [0.3, 0.4) is 0 Å². The van der Waals surface area contributed by atoms with E-state index in [2.05, 4.69) is 0 Å². The number of phenolic OH excluding ortho intramolecular Hbond substituents is 2. The number of aliphatic hydroxyl groups is 2. The molecule has 202 valence electrons. The topological polar surface area (TPSA) is 186 Å². The van der Waals surface area contributed by atoms with Crippen LogP contribution in [-0.4, -0.2) is 75.0 Å². The van der Waals surface area contributed by atoms with Crippen molar-refractivity contribution < 1.29 is 49.0 Å². The number of hydrogen-bond donors (Lipinski definition) is 5. The minimum Gasteiger partial charge on any atom is -0.507 e. The molecule has 2 aliphatic carbocycles. The van der Waals surface area contributed by atoms with Crippen LogP contribution in [-0.2, 0) is 20.7 Å². The number of Topliss-reactive ketones (excluding diaryl/α,β-unsaturated/α-hetero) is 1. The van der Waals surface area contributed by atoms with E-state index in [1.165, 1.54) is 32.2 Å². The summed E-state index contributed by atoms with van der Waals surface area (Å²) in [6.45, 7) is 2.79. The summed E-state index contributed by atoms with van der Waals surface area (Å²) in [5.41, 5.74) is 2.97. The zero-order valence-corrected chi connectivity index (χ0v) is 21.1. The third kappa shape index (κ3) is 3.81. The summed E-state index contributed by atoms with van der Waals surface area (Å²) in [6.07, 6.45) is -4.53. The number of ether oxygens (including phenoxy) is 3. The highest BCUT2D eigenvalue weighted by atomic mass is 16.7. The lowest BCUT2D eigenvalue weighted by Crippen LogP contribution is -2.52. The third-order valence-corrected chi connectivity index (χ3v) is 7.80. The standard InChI is InChI=1S/C27H29NO10/c1-10-22(30)14(28)7-17(37-10)38-16-9-27(35,11(2)29)8-13-19(16)26(34)21-20(24(13)32)23(31)12-5-4-6-15(36-3)18(12)25(21)33/h4-6,10,14,16-17,22,30,32,34-35H,7-9,28H2,1-3H3/t10-,14-,16-,17+,22+,27+/m1/s1. The molecule has 2 aromatic carbocycles. The number of benzene rings is 2. The molecule has 2 aromatic rings. The van der Waals surface area contributed by atoms with Crippen molar-refractivity contribution in [3.8, 4) is 17.2 Å². The van der Waals surface area contributed by atoms with Crippen molar-refractivity contribution in [3.05, 3.63) is 51.6 Å². The van der Waals surface area contributed by atoms with E-state index in [-0.39, 0.29) is 40.8 Å². The minimum atomic E-state index is -2.00. The van der Waals surface area contributed by atoms with Crippen LogP contribution in [0.4, 0.5) is 0 Å². The van der Waals surface area contributed by atoms with E-state index in [1.807, 2.05) is 0 Å². The van der Waals surface area contributed by atoms with Crippen molar-refractivity contribution in [2.24, 2.45) is 5.73 Å². The maximum atomic E-state index is 13.6. The fourth-order valence-corrected chi connectivity index (χ4v) is 5.66. The van der Waals surface area contributed by atoms with Gasteiger partial charge in [0, 0.05) is 42.0 Å². The van der Waals surface area contributed by atoms with E-state index >= 15 is 0 Å². The number of nitrogens with two attached hydrogens (primary N) is 1. The first-order valence-corrected chi connectivity index (χ1v) is 12.2. The summed E-state index contributed by atoms with van der Waals surface area (Å²) in [6, 6.07) is 3.75. The van der Waals surface area contributed by atoms with Gasteiger partial charge < -0.3 is 40.4 Å². The van der Waals surface area contributed by atoms with Crippen LogP contribution in [0.1, 0.15) is 75.8 Å². The smallest absolute Gasteiger partial charge is 0.202 e. The van der Waals surface area contributed by atoms with Gasteiger partial charge in [0.15, 0.2) is 17.9 Å². The second-order valence-corrected chi connectivity index (χ2v) is 10.1. The van der Waals surface area contributed by atoms with Gasteiger partial charge in [-0.2, -0.15) is 0 Å². The minimum absolute atomic E-state index is 0.0147. The third-order valence-electron chi connectivity index (χ3n) is 7.80. The fourth-order valence-electron chi connectivity index (χ4n) is 5.66. The molecule has 0 bridgehead atoms. The SMILES string of the molecule is COc1cccc2c1C(=O)c1c(O)c3c(c(O)c1C2=O)C[C@@](O)(C(C)=O)C[C@H]3O[C@H]1C[C@@H](N)[C@@H](O)[C@@H](C)O1. The van der Waals surface area contributed by atoms with Crippen molar-refractivity contribution in [2.75, 3.05) is 7.11 Å². The van der Waals surface area contributed by atoms with Gasteiger partial charge in [-0.1, -0.05) is 12.1 Å². The molecule has 1 aliphatic heterocycles. The Morgan fingerprint density at radius 3 is 2.45 bits per heavy atom. The molecule has 1 heterocycles. The molecule has 6 atom stereocenters. The van der Waals surface area contributed by atoms with Gasteiger partial charge in [-0.15, -0.1) is 0 Å². The molecule has 3 aliphatic rings. The highest BCUT2D eigenvalue weighted by molar-refractivity contribution is 6.31. The second-order valence-electron chi connectivity index (χ2n) is 10.1. The first kappa shape index (κ1) is 26.3. The first-order chi connectivity index (χ1) is 17.9. The number of carbonyl (C=O) groups is 3. The van der Waals surface area contributed by atoms with Crippen molar-refractivity contribution in [1.29, 1.82) is 0 Å². The predicted octanol–water partition coefficient (Wildman–Crippen LogP) is 1.03. The van der Waals surface area contributed by atoms with Crippen molar-refractivity contribution in [1.82, 2.24) is 0 Å². The number of carbonyl (C=O) groups excluding carboxylic acids is 3. The lowest BCUT2D eigenvalue weighted by atomic mass is 9.72. The number of phenols is 2. The molecule has 0 saturated carbocycles. The molecule has 0 amide bonds. The van der Waals surface area contributed by atoms with Gasteiger partial charge in [0.25, 0.3) is 0 Å². The van der Waals surface area contributed by atoms with E-state index in [0.717, 1.165) is 0 Å². The van der Waals surface area contributed by atoms with Crippen LogP contribution >= 0.6 is 0 Å². The molecule has 11 nitrogen and oxygen atoms in total. The highest BCUT2D eigenvalue weighted by Gasteiger charge is 2.49. The first-order valence-electron chi connectivity index (χ1n) is 12.2. The largest absolute Gasteiger partial charge is 0.507 e. The molecule has 0 radical (unpaired) electrons. The maximum Gasteiger partial charge on any atom is 0.202 e. The Kier molecular flexibility index (Phi) is 6.32. The molecule has 6 N–H and O–H groups in total. The molecular weight excluding hydrogens is 498 g/mol. The predicted molar refractivity (Wildman–Crippen MR) is 130 cm³/mol. The molecule has 5 rings (SSSR count). The van der Waals surface area contributed by atoms with Crippen LogP contribution < -0.4 is 10.5 Å². The average molecular weight is 528 g/mol. The number of hydrogen-bond acceptors (Lipinski definition) is 11. The Morgan fingerprint density at radius 2 is 1.82 bits per heavy atom. The second kappa shape index (κ2) is 9.14. The quantitative estimate of drug-likeness (QED) is 0.305. The molecule has 0 aromatic heterocycles. The summed E-state index contributed by atoms with van der Waals surface area (Å²) < 4.78 is 17.1. The molecular formula is C27H29NO10. The van der Waals surface area contributed by atoms with E-state index in [0.29, 0.717) is 0 Å². The van der Waals surface area contributed by atoms with E-state index < -0.39 is 82.6 Å². The Labute approximate surface area is 217 Å². The van der Waals surface area contributed by atoms with Gasteiger partial charge >= 0.3 is 0 Å². The Bertz CT molecular complexity index is 1360. The summed E-state index contributed by atoms with van der Waals surface area (Å²) in [5, 5.41) is 44.1. The lowest BCUT2D eigenvalue weighted by molar-refractivity contribution is -0.247. The summed E-state index contributed by atoms with van der Waals surface area (Å²) in [4.78, 5) is 39.6. The van der Waals surface area contributed by atoms with E-state index in [9.17, 15) is 34.8 Å². The van der Waals surface area contributed by atoms with Gasteiger partial charge in [0.05, 0.1) is 42.1 Å². The molecule has 1 fully saturated rings. The monoisotopic (exact) mass is 527 g/mol. The average Bonchev–Trinajstić information content (AvgIpc) is 2.87. The van der Waals surface area contributed by atoms with Crippen LogP contribution in [0.25, 0.3) is 0 Å². The number of ketones is 3. The zero-order chi connectivity index (χ0) is 27.7. The van der Waals surface area contributed by atoms with Crippen LogP contribution in [0.15, 0.2) is 18.2 Å². The highest BCUT2D eigenvalue weighted by Crippen LogP contribution is 2.52. The molecule has 1 saturated heterocycles. The number of fused-ring (bicyclic) bond motifs is 3. The maximum absolute atomic E-state index is 13.6. The zero-order valence-electron chi connectivity index (χ0n) is 21.1. The van der Waals surface area contributed by atoms with Gasteiger partial charge in [-0.05, 0) is 19.9 Å². The summed E-state index contributed by atoms with van der Waals surface area (Å²) >= 11 is 0. The van der Waals surface area contributed by atoms with Crippen molar-refractivity contribution in [2.45, 2.75) is 69.4 Å². The van der Waals surface area contributed by atoms with E-state index in [1.54, 1.807) is 6.92 Å². The van der Waals surface area contributed by atoms with Gasteiger partial charge in [-0.25, -0.2) is 0 Å². The molecule has 0 unspecified atom stereocenters. The fraction of sp³-hybridized carbons (Fsp3) is 0.444. The molecule has 11 heteroatoms. The van der Waals surface area contributed by atoms with E-state index in [4.69, 9.17) is 19.9 Å². The van der Waals surface area contributed by atoms with Crippen molar-refractivity contribution in [3.63, 3.8) is 0 Å². The number of aromatic hydroxyl groups is 2. The molecule has 0 spiro atoms. The van der Waals surface area contributed by atoms with Gasteiger partial charge in [-0.3, -0.25) is 14.4 Å². The Morgan fingerprint density at radius 1 is 1.13 bits per heavy atom. The normalized spacial score (nSPS) is 30.3. The Hall–Kier alpha value is -3.35. The van der Waals surface area contributed by atoms with Crippen LogP contribution in [0.2, 0.25) is 0 Å².